The Labute approximate surface area is 177 Å². The molecule has 5 unspecified atom stereocenters. The fraction of sp³-hybridized carbons (Fsp3) is 0.500. The summed E-state index contributed by atoms with van der Waals surface area (Å²) in [6.45, 7) is 4.61. The van der Waals surface area contributed by atoms with E-state index in [-0.39, 0.29) is 13.2 Å². The lowest BCUT2D eigenvalue weighted by Gasteiger charge is -2.35. The summed E-state index contributed by atoms with van der Waals surface area (Å²) in [5.41, 5.74) is 1.03. The van der Waals surface area contributed by atoms with Crippen molar-refractivity contribution in [3.8, 4) is 0 Å². The molecule has 2 fully saturated rings. The van der Waals surface area contributed by atoms with Crippen molar-refractivity contribution in [2.75, 3.05) is 13.2 Å². The first-order chi connectivity index (χ1) is 14.6. The van der Waals surface area contributed by atoms with E-state index >= 15 is 0 Å². The first kappa shape index (κ1) is 21.4. The second-order valence-corrected chi connectivity index (χ2v) is 8.09. The highest BCUT2D eigenvalue weighted by Gasteiger charge is 2.63. The molecule has 162 valence electrons. The van der Waals surface area contributed by atoms with Gasteiger partial charge in [0, 0.05) is 0 Å². The predicted molar refractivity (Wildman–Crippen MR) is 110 cm³/mol. The van der Waals surface area contributed by atoms with Crippen molar-refractivity contribution in [2.24, 2.45) is 0 Å². The van der Waals surface area contributed by atoms with E-state index in [1.54, 1.807) is 0 Å². The van der Waals surface area contributed by atoms with Crippen molar-refractivity contribution >= 4 is 0 Å². The standard InChI is InChI=1S/C24H30O6/c1-3-23(2)28-20-21(27-15-19-12-8-5-9-13-19)24(16-25,30-22(20)29-23)17-26-14-18-10-6-4-7-11-18/h4-13,20-22,25H,3,14-17H2,1-2H3. The molecule has 2 saturated heterocycles. The van der Waals surface area contributed by atoms with Gasteiger partial charge < -0.3 is 28.8 Å². The minimum atomic E-state index is -1.06. The molecule has 6 heteroatoms. The molecule has 4 rings (SSSR count). The maximum Gasteiger partial charge on any atom is 0.190 e. The zero-order valence-corrected chi connectivity index (χ0v) is 17.5. The van der Waals surface area contributed by atoms with E-state index < -0.39 is 29.9 Å². The number of aliphatic hydroxyl groups excluding tert-OH is 1. The fourth-order valence-electron chi connectivity index (χ4n) is 3.96. The van der Waals surface area contributed by atoms with Crippen LogP contribution in [-0.2, 0) is 36.9 Å². The first-order valence-electron chi connectivity index (χ1n) is 10.5. The summed E-state index contributed by atoms with van der Waals surface area (Å²) >= 11 is 0. The highest BCUT2D eigenvalue weighted by atomic mass is 16.8. The van der Waals surface area contributed by atoms with E-state index in [0.29, 0.717) is 19.6 Å². The van der Waals surface area contributed by atoms with E-state index in [0.717, 1.165) is 11.1 Å². The quantitative estimate of drug-likeness (QED) is 0.678. The van der Waals surface area contributed by atoms with Gasteiger partial charge in [0.25, 0.3) is 0 Å². The number of benzene rings is 2. The third-order valence-electron chi connectivity index (χ3n) is 5.83. The van der Waals surface area contributed by atoms with Gasteiger partial charge in [-0.2, -0.15) is 0 Å². The molecule has 30 heavy (non-hydrogen) atoms. The van der Waals surface area contributed by atoms with Crippen molar-refractivity contribution in [2.45, 2.75) is 63.4 Å². The summed E-state index contributed by atoms with van der Waals surface area (Å²) < 4.78 is 30.7. The molecule has 0 aliphatic carbocycles. The molecule has 5 atom stereocenters. The molecule has 0 aromatic heterocycles. The van der Waals surface area contributed by atoms with Gasteiger partial charge in [-0.05, 0) is 24.5 Å². The molecule has 2 aliphatic rings. The van der Waals surface area contributed by atoms with Crippen LogP contribution >= 0.6 is 0 Å². The maximum absolute atomic E-state index is 10.3. The Hall–Kier alpha value is -1.80. The summed E-state index contributed by atoms with van der Waals surface area (Å²) in [4.78, 5) is 0. The second-order valence-electron chi connectivity index (χ2n) is 8.09. The number of fused-ring (bicyclic) bond motifs is 1. The van der Waals surface area contributed by atoms with E-state index in [4.69, 9.17) is 23.7 Å². The SMILES string of the molecule is CCC1(C)OC2OC(CO)(COCc3ccccc3)C(OCc3ccccc3)C2O1. The highest BCUT2D eigenvalue weighted by molar-refractivity contribution is 5.15. The molecule has 0 bridgehead atoms. The van der Waals surface area contributed by atoms with Gasteiger partial charge in [-0.1, -0.05) is 67.6 Å². The van der Waals surface area contributed by atoms with Gasteiger partial charge in [0.15, 0.2) is 12.1 Å². The molecule has 6 nitrogen and oxygen atoms in total. The Balaban J connectivity index is 1.49. The molecule has 2 heterocycles. The summed E-state index contributed by atoms with van der Waals surface area (Å²) in [5.74, 6) is -0.726. The van der Waals surface area contributed by atoms with Crippen molar-refractivity contribution in [3.05, 3.63) is 71.8 Å². The summed E-state index contributed by atoms with van der Waals surface area (Å²) in [5, 5.41) is 10.3. The minimum Gasteiger partial charge on any atom is -0.393 e. The molecule has 2 aromatic rings. The van der Waals surface area contributed by atoms with Gasteiger partial charge >= 0.3 is 0 Å². The molecule has 0 saturated carbocycles. The van der Waals surface area contributed by atoms with Crippen molar-refractivity contribution in [3.63, 3.8) is 0 Å². The molecule has 1 N–H and O–H groups in total. The number of hydrogen-bond acceptors (Lipinski definition) is 6. The van der Waals surface area contributed by atoms with Crippen LogP contribution in [0.2, 0.25) is 0 Å². The van der Waals surface area contributed by atoms with Gasteiger partial charge in [-0.3, -0.25) is 0 Å². The van der Waals surface area contributed by atoms with Crippen LogP contribution in [-0.4, -0.2) is 48.2 Å². The highest BCUT2D eigenvalue weighted by Crippen LogP contribution is 2.45. The largest absolute Gasteiger partial charge is 0.393 e. The summed E-state index contributed by atoms with van der Waals surface area (Å²) in [6.07, 6.45) is -0.892. The molecule has 2 aliphatic heterocycles. The topological polar surface area (TPSA) is 66.4 Å². The Kier molecular flexibility index (Phi) is 6.53. The van der Waals surface area contributed by atoms with Crippen LogP contribution < -0.4 is 0 Å². The summed E-state index contributed by atoms with van der Waals surface area (Å²) in [6, 6.07) is 19.8. The lowest BCUT2D eigenvalue weighted by molar-refractivity contribution is -0.267. The Bertz CT molecular complexity index is 800. The smallest absolute Gasteiger partial charge is 0.190 e. The van der Waals surface area contributed by atoms with Crippen LogP contribution in [0.1, 0.15) is 31.4 Å². The number of aliphatic hydroxyl groups is 1. The van der Waals surface area contributed by atoms with E-state index in [1.807, 2.05) is 74.5 Å². The van der Waals surface area contributed by atoms with Gasteiger partial charge in [0.2, 0.25) is 0 Å². The second kappa shape index (κ2) is 9.14. The van der Waals surface area contributed by atoms with Gasteiger partial charge in [-0.15, -0.1) is 0 Å². The maximum atomic E-state index is 10.3. The average molecular weight is 414 g/mol. The van der Waals surface area contributed by atoms with Crippen LogP contribution in [0.25, 0.3) is 0 Å². The van der Waals surface area contributed by atoms with Crippen LogP contribution in [0.3, 0.4) is 0 Å². The molecule has 0 spiro atoms. The van der Waals surface area contributed by atoms with Gasteiger partial charge in [0.1, 0.15) is 17.8 Å². The third-order valence-corrected chi connectivity index (χ3v) is 5.83. The normalized spacial score (nSPS) is 33.0. The number of hydrogen-bond donors (Lipinski definition) is 1. The van der Waals surface area contributed by atoms with Crippen LogP contribution in [0, 0.1) is 0 Å². The van der Waals surface area contributed by atoms with Gasteiger partial charge in [-0.25, -0.2) is 0 Å². The van der Waals surface area contributed by atoms with Crippen LogP contribution in [0.4, 0.5) is 0 Å². The predicted octanol–water partition coefficient (Wildman–Crippen LogP) is 3.42. The number of rotatable bonds is 9. The zero-order valence-electron chi connectivity index (χ0n) is 17.5. The molecular formula is C24H30O6. The molecule has 0 radical (unpaired) electrons. The zero-order chi connectivity index (χ0) is 21.0. The molecule has 0 amide bonds. The Morgan fingerprint density at radius 2 is 1.53 bits per heavy atom. The lowest BCUT2D eigenvalue weighted by Crippen LogP contribution is -2.52. The van der Waals surface area contributed by atoms with Crippen molar-refractivity contribution in [1.82, 2.24) is 0 Å². The van der Waals surface area contributed by atoms with Gasteiger partial charge in [0.05, 0.1) is 26.4 Å². The van der Waals surface area contributed by atoms with Crippen LogP contribution in [0.15, 0.2) is 60.7 Å². The van der Waals surface area contributed by atoms with Crippen LogP contribution in [0.5, 0.6) is 0 Å². The molecule has 2 aromatic carbocycles. The molecular weight excluding hydrogens is 384 g/mol. The van der Waals surface area contributed by atoms with Crippen molar-refractivity contribution < 1.29 is 28.8 Å². The first-order valence-corrected chi connectivity index (χ1v) is 10.5. The average Bonchev–Trinajstić information content (AvgIpc) is 3.24. The van der Waals surface area contributed by atoms with E-state index in [9.17, 15) is 5.11 Å². The minimum absolute atomic E-state index is 0.167. The fourth-order valence-corrected chi connectivity index (χ4v) is 3.96. The van der Waals surface area contributed by atoms with Crippen molar-refractivity contribution in [1.29, 1.82) is 0 Å². The third kappa shape index (κ3) is 4.44. The van der Waals surface area contributed by atoms with E-state index in [2.05, 4.69) is 0 Å². The number of ether oxygens (including phenoxy) is 5. The Morgan fingerprint density at radius 3 is 2.13 bits per heavy atom. The summed E-state index contributed by atoms with van der Waals surface area (Å²) in [7, 11) is 0. The lowest BCUT2D eigenvalue weighted by atomic mass is 9.96. The van der Waals surface area contributed by atoms with E-state index in [1.165, 1.54) is 0 Å². The Morgan fingerprint density at radius 1 is 0.900 bits per heavy atom. The monoisotopic (exact) mass is 414 g/mol.